The minimum absolute atomic E-state index is 0.0413. The van der Waals surface area contributed by atoms with Crippen molar-refractivity contribution in [3.8, 4) is 11.1 Å². The van der Waals surface area contributed by atoms with Crippen molar-refractivity contribution in [2.45, 2.75) is 33.3 Å². The Morgan fingerprint density at radius 2 is 1.83 bits per heavy atom. The lowest BCUT2D eigenvalue weighted by atomic mass is 10.0. The van der Waals surface area contributed by atoms with E-state index in [0.29, 0.717) is 22.4 Å². The summed E-state index contributed by atoms with van der Waals surface area (Å²) in [7, 11) is 0. The van der Waals surface area contributed by atoms with Gasteiger partial charge < -0.3 is 4.74 Å². The molecule has 2 aromatic carbocycles. The van der Waals surface area contributed by atoms with Gasteiger partial charge in [0.2, 0.25) is 0 Å². The van der Waals surface area contributed by atoms with Crippen LogP contribution in [0.3, 0.4) is 0 Å². The molecule has 24 heavy (non-hydrogen) atoms. The Morgan fingerprint density at radius 1 is 1.17 bits per heavy atom. The molecule has 0 unspecified atom stereocenters. The number of anilines is 1. The molecule has 0 saturated carbocycles. The molecule has 2 aromatic rings. The third-order valence-electron chi connectivity index (χ3n) is 3.28. The molecule has 1 N–H and O–H groups in total. The van der Waals surface area contributed by atoms with Crippen LogP contribution < -0.4 is 5.32 Å². The van der Waals surface area contributed by atoms with E-state index >= 15 is 0 Å². The molecule has 0 aliphatic rings. The fourth-order valence-corrected chi connectivity index (χ4v) is 2.23. The van der Waals surface area contributed by atoms with Crippen LogP contribution in [0.5, 0.6) is 0 Å². The van der Waals surface area contributed by atoms with Crippen molar-refractivity contribution in [1.82, 2.24) is 0 Å². The van der Waals surface area contributed by atoms with Crippen molar-refractivity contribution in [2.75, 3.05) is 5.32 Å². The standard InChI is InChI=1S/C18H20N2O4/c1-12-9-10-13(11-16(12)20(22)23)14-7-5-6-8-15(14)19-17(21)24-18(2,3)4/h5-11H,1-4H3,(H,19,21). The van der Waals surface area contributed by atoms with Crippen molar-refractivity contribution in [2.24, 2.45) is 0 Å². The zero-order chi connectivity index (χ0) is 17.9. The van der Waals surface area contributed by atoms with E-state index in [9.17, 15) is 14.9 Å². The summed E-state index contributed by atoms with van der Waals surface area (Å²) in [6.07, 6.45) is -0.573. The van der Waals surface area contributed by atoms with Gasteiger partial charge in [0.1, 0.15) is 5.60 Å². The maximum Gasteiger partial charge on any atom is 0.412 e. The molecule has 0 aromatic heterocycles. The lowest BCUT2D eigenvalue weighted by Crippen LogP contribution is -2.27. The molecule has 0 aliphatic carbocycles. The summed E-state index contributed by atoms with van der Waals surface area (Å²) in [6, 6.07) is 12.1. The van der Waals surface area contributed by atoms with E-state index in [2.05, 4.69) is 5.32 Å². The van der Waals surface area contributed by atoms with E-state index in [1.165, 1.54) is 6.07 Å². The maximum absolute atomic E-state index is 12.0. The van der Waals surface area contributed by atoms with E-state index in [-0.39, 0.29) is 5.69 Å². The molecule has 2 rings (SSSR count). The second kappa shape index (κ2) is 6.70. The van der Waals surface area contributed by atoms with Crippen LogP contribution in [0.2, 0.25) is 0 Å². The zero-order valence-corrected chi connectivity index (χ0v) is 14.1. The van der Waals surface area contributed by atoms with Crippen molar-refractivity contribution in [1.29, 1.82) is 0 Å². The maximum atomic E-state index is 12.0. The van der Waals surface area contributed by atoms with Crippen LogP contribution in [0.15, 0.2) is 42.5 Å². The fourth-order valence-electron chi connectivity index (χ4n) is 2.23. The van der Waals surface area contributed by atoms with Gasteiger partial charge in [-0.2, -0.15) is 0 Å². The minimum Gasteiger partial charge on any atom is -0.444 e. The first-order valence-electron chi connectivity index (χ1n) is 7.52. The molecule has 0 radical (unpaired) electrons. The number of hydrogen-bond acceptors (Lipinski definition) is 4. The van der Waals surface area contributed by atoms with Gasteiger partial charge in [0.05, 0.1) is 10.6 Å². The molecule has 0 saturated heterocycles. The Morgan fingerprint density at radius 3 is 2.46 bits per heavy atom. The van der Waals surface area contributed by atoms with E-state index in [4.69, 9.17) is 4.74 Å². The Kier molecular flexibility index (Phi) is 4.87. The van der Waals surface area contributed by atoms with Gasteiger partial charge in [-0.1, -0.05) is 30.3 Å². The first-order valence-corrected chi connectivity index (χ1v) is 7.52. The van der Waals surface area contributed by atoms with Gasteiger partial charge in [-0.15, -0.1) is 0 Å². The molecule has 1 amide bonds. The summed E-state index contributed by atoms with van der Waals surface area (Å²) >= 11 is 0. The summed E-state index contributed by atoms with van der Waals surface area (Å²) in [6.45, 7) is 7.03. The highest BCUT2D eigenvalue weighted by atomic mass is 16.6. The van der Waals surface area contributed by atoms with Crippen LogP contribution in [0.4, 0.5) is 16.2 Å². The molecule has 6 nitrogen and oxygen atoms in total. The Hall–Kier alpha value is -2.89. The summed E-state index contributed by atoms with van der Waals surface area (Å²) in [5.41, 5.74) is 1.89. The number of nitrogens with one attached hydrogen (secondary N) is 1. The second-order valence-electron chi connectivity index (χ2n) is 6.43. The molecule has 6 heteroatoms. The molecule has 0 bridgehead atoms. The predicted molar refractivity (Wildman–Crippen MR) is 93.1 cm³/mol. The SMILES string of the molecule is Cc1ccc(-c2ccccc2NC(=O)OC(C)(C)C)cc1[N+](=O)[O-]. The highest BCUT2D eigenvalue weighted by molar-refractivity contribution is 5.92. The summed E-state index contributed by atoms with van der Waals surface area (Å²) < 4.78 is 5.26. The van der Waals surface area contributed by atoms with Crippen molar-refractivity contribution in [3.63, 3.8) is 0 Å². The van der Waals surface area contributed by atoms with E-state index < -0.39 is 16.6 Å². The average molecular weight is 328 g/mol. The Balaban J connectivity index is 2.37. The molecule has 126 valence electrons. The number of rotatable bonds is 3. The van der Waals surface area contributed by atoms with Crippen LogP contribution in [0.1, 0.15) is 26.3 Å². The van der Waals surface area contributed by atoms with E-state index in [1.54, 1.807) is 64.1 Å². The lowest BCUT2D eigenvalue weighted by molar-refractivity contribution is -0.385. The fraction of sp³-hybridized carbons (Fsp3) is 0.278. The van der Waals surface area contributed by atoms with Crippen LogP contribution in [-0.4, -0.2) is 16.6 Å². The van der Waals surface area contributed by atoms with Crippen molar-refractivity contribution >= 4 is 17.5 Å². The van der Waals surface area contributed by atoms with Crippen molar-refractivity contribution < 1.29 is 14.5 Å². The van der Waals surface area contributed by atoms with Gasteiger partial charge in [0.25, 0.3) is 5.69 Å². The van der Waals surface area contributed by atoms with Gasteiger partial charge in [0.15, 0.2) is 0 Å². The van der Waals surface area contributed by atoms with Crippen LogP contribution in [-0.2, 0) is 4.74 Å². The highest BCUT2D eigenvalue weighted by Crippen LogP contribution is 2.32. The van der Waals surface area contributed by atoms with Gasteiger partial charge in [-0.3, -0.25) is 15.4 Å². The third-order valence-corrected chi connectivity index (χ3v) is 3.28. The van der Waals surface area contributed by atoms with Crippen LogP contribution in [0.25, 0.3) is 11.1 Å². The van der Waals surface area contributed by atoms with Crippen LogP contribution >= 0.6 is 0 Å². The number of nitro benzene ring substituents is 1. The van der Waals surface area contributed by atoms with Crippen molar-refractivity contribution in [3.05, 3.63) is 58.1 Å². The number of carbonyl (C=O) groups excluding carboxylic acids is 1. The molecule has 0 fully saturated rings. The second-order valence-corrected chi connectivity index (χ2v) is 6.43. The molecule has 0 spiro atoms. The van der Waals surface area contributed by atoms with Gasteiger partial charge in [0, 0.05) is 17.2 Å². The van der Waals surface area contributed by atoms with Gasteiger partial charge in [-0.05, 0) is 39.3 Å². The average Bonchev–Trinajstić information content (AvgIpc) is 2.46. The predicted octanol–water partition coefficient (Wildman–Crippen LogP) is 4.92. The van der Waals surface area contributed by atoms with Gasteiger partial charge in [-0.25, -0.2) is 4.79 Å². The monoisotopic (exact) mass is 328 g/mol. The number of ether oxygens (including phenoxy) is 1. The third kappa shape index (κ3) is 4.32. The number of aryl methyl sites for hydroxylation is 1. The number of nitro groups is 1. The normalized spacial score (nSPS) is 11.0. The number of para-hydroxylation sites is 1. The minimum atomic E-state index is -0.609. The van der Waals surface area contributed by atoms with Crippen LogP contribution in [0, 0.1) is 17.0 Å². The topological polar surface area (TPSA) is 81.5 Å². The van der Waals surface area contributed by atoms with E-state index in [1.807, 2.05) is 0 Å². The number of hydrogen-bond donors (Lipinski definition) is 1. The number of nitrogens with zero attached hydrogens (tertiary/aromatic N) is 1. The molecular weight excluding hydrogens is 308 g/mol. The van der Waals surface area contributed by atoms with Gasteiger partial charge >= 0.3 is 6.09 Å². The first kappa shape index (κ1) is 17.5. The zero-order valence-electron chi connectivity index (χ0n) is 14.1. The number of carbonyl (C=O) groups is 1. The summed E-state index contributed by atoms with van der Waals surface area (Å²) in [5.74, 6) is 0. The summed E-state index contributed by atoms with van der Waals surface area (Å²) in [5, 5.41) is 13.8. The molecule has 0 aliphatic heterocycles. The lowest BCUT2D eigenvalue weighted by Gasteiger charge is -2.20. The molecular formula is C18H20N2O4. The summed E-state index contributed by atoms with van der Waals surface area (Å²) in [4.78, 5) is 22.7. The molecule has 0 heterocycles. The first-order chi connectivity index (χ1) is 11.2. The highest BCUT2D eigenvalue weighted by Gasteiger charge is 2.18. The Labute approximate surface area is 140 Å². The van der Waals surface area contributed by atoms with E-state index in [0.717, 1.165) is 0 Å². The smallest absolute Gasteiger partial charge is 0.412 e. The number of amides is 1. The Bertz CT molecular complexity index is 779. The molecule has 0 atom stereocenters. The quantitative estimate of drug-likeness (QED) is 0.640. The largest absolute Gasteiger partial charge is 0.444 e. The number of benzene rings is 2.